The Hall–Kier alpha value is -1.84. The maximum Gasteiger partial charge on any atom is 0.261 e. The molecule has 1 aromatic heterocycles. The summed E-state index contributed by atoms with van der Waals surface area (Å²) in [7, 11) is -4.60. The summed E-state index contributed by atoms with van der Waals surface area (Å²) in [6, 6.07) is 21.8. The summed E-state index contributed by atoms with van der Waals surface area (Å²) in [4.78, 5) is 4.72. The molecule has 0 unspecified atom stereocenters. The molecule has 3 nitrogen and oxygen atoms in total. The van der Waals surface area contributed by atoms with E-state index in [-0.39, 0.29) is 16.2 Å². The van der Waals surface area contributed by atoms with Gasteiger partial charge in [0.1, 0.15) is 0 Å². The smallest absolute Gasteiger partial charge is 0.261 e. The molecular formula is C32H47NO2SSi2. The third-order valence-corrected chi connectivity index (χ3v) is 18.3. The molecule has 0 N–H and O–H groups in total. The first-order chi connectivity index (χ1) is 17.7. The van der Waals surface area contributed by atoms with Crippen LogP contribution < -0.4 is 10.4 Å². The largest absolute Gasteiger partial charge is 0.417 e. The summed E-state index contributed by atoms with van der Waals surface area (Å²) in [5, 5.41) is 5.88. The predicted molar refractivity (Wildman–Crippen MR) is 171 cm³/mol. The number of aromatic nitrogens is 1. The molecule has 0 bridgehead atoms. The quantitative estimate of drug-likeness (QED) is 0.232. The van der Waals surface area contributed by atoms with E-state index in [0.717, 1.165) is 17.1 Å². The fraction of sp³-hybridized carbons (Fsp3) is 0.469. The monoisotopic (exact) mass is 565 g/mol. The van der Waals surface area contributed by atoms with Crippen molar-refractivity contribution < 1.29 is 8.85 Å². The van der Waals surface area contributed by atoms with Crippen LogP contribution in [-0.2, 0) is 8.85 Å². The highest BCUT2D eigenvalue weighted by Gasteiger charge is 2.51. The van der Waals surface area contributed by atoms with Gasteiger partial charge in [-0.3, -0.25) is 0 Å². The molecule has 0 aliphatic heterocycles. The molecule has 1 atom stereocenters. The van der Waals surface area contributed by atoms with Gasteiger partial charge in [-0.1, -0.05) is 102 Å². The van der Waals surface area contributed by atoms with Crippen LogP contribution in [0.1, 0.15) is 65.6 Å². The van der Waals surface area contributed by atoms with Crippen LogP contribution in [0, 0.1) is 6.92 Å². The van der Waals surface area contributed by atoms with Crippen LogP contribution in [0.5, 0.6) is 0 Å². The predicted octanol–water partition coefficient (Wildman–Crippen LogP) is 8.21. The Kier molecular flexibility index (Phi) is 9.80. The summed E-state index contributed by atoms with van der Waals surface area (Å²) >= 11 is 1.69. The minimum atomic E-state index is -2.72. The van der Waals surface area contributed by atoms with Crippen LogP contribution >= 0.6 is 11.3 Å². The van der Waals surface area contributed by atoms with Crippen molar-refractivity contribution in [3.05, 3.63) is 82.3 Å². The van der Waals surface area contributed by atoms with Gasteiger partial charge in [0, 0.05) is 12.0 Å². The lowest BCUT2D eigenvalue weighted by Gasteiger charge is -2.45. The van der Waals surface area contributed by atoms with Crippen molar-refractivity contribution in [3.8, 4) is 0 Å². The molecule has 3 rings (SSSR count). The lowest BCUT2D eigenvalue weighted by molar-refractivity contribution is 0.173. The Morgan fingerprint density at radius 2 is 1.42 bits per heavy atom. The Morgan fingerprint density at radius 1 is 0.895 bits per heavy atom. The van der Waals surface area contributed by atoms with Gasteiger partial charge in [0.25, 0.3) is 8.32 Å². The SMILES string of the molecule is CC(=Cc1csc(C)n1)[C@H](CCO[Si](C)(C)C(C)(C)C)O[Si](c1ccccc1)(c1ccccc1)C(C)(C)C. The Morgan fingerprint density at radius 3 is 1.84 bits per heavy atom. The van der Waals surface area contributed by atoms with Crippen molar-refractivity contribution in [2.45, 2.75) is 91.1 Å². The molecule has 0 spiro atoms. The second-order valence-corrected chi connectivity index (χ2v) is 23.0. The second-order valence-electron chi connectivity index (χ2n) is 12.8. The van der Waals surface area contributed by atoms with Crippen LogP contribution in [0.15, 0.2) is 71.6 Å². The second kappa shape index (κ2) is 12.1. The fourth-order valence-corrected chi connectivity index (χ4v) is 11.1. The van der Waals surface area contributed by atoms with Crippen molar-refractivity contribution in [3.63, 3.8) is 0 Å². The number of thiazole rings is 1. The average molecular weight is 566 g/mol. The van der Waals surface area contributed by atoms with E-state index in [1.54, 1.807) is 11.3 Å². The molecule has 38 heavy (non-hydrogen) atoms. The van der Waals surface area contributed by atoms with Crippen molar-refractivity contribution in [2.24, 2.45) is 0 Å². The van der Waals surface area contributed by atoms with E-state index in [4.69, 9.17) is 13.8 Å². The zero-order chi connectivity index (χ0) is 28.2. The molecule has 0 aliphatic rings. The van der Waals surface area contributed by atoms with Crippen LogP contribution in [0.25, 0.3) is 6.08 Å². The lowest BCUT2D eigenvalue weighted by Crippen LogP contribution is -2.67. The van der Waals surface area contributed by atoms with E-state index in [2.05, 4.69) is 141 Å². The molecule has 0 radical (unpaired) electrons. The van der Waals surface area contributed by atoms with Gasteiger partial charge >= 0.3 is 0 Å². The summed E-state index contributed by atoms with van der Waals surface area (Å²) in [5.41, 5.74) is 2.20. The molecule has 2 aromatic carbocycles. The summed E-state index contributed by atoms with van der Waals surface area (Å²) in [6.45, 7) is 23.5. The normalized spacial score (nSPS) is 14.5. The Labute approximate surface area is 237 Å². The molecule has 206 valence electrons. The molecule has 1 heterocycles. The number of nitrogens with zero attached hydrogens (tertiary/aromatic N) is 1. The van der Waals surface area contributed by atoms with Crippen LogP contribution in [-0.4, -0.2) is 34.3 Å². The number of hydrogen-bond donors (Lipinski definition) is 0. The minimum Gasteiger partial charge on any atom is -0.417 e. The zero-order valence-electron chi connectivity index (χ0n) is 25.1. The molecule has 3 aromatic rings. The molecular weight excluding hydrogens is 519 g/mol. The minimum absolute atomic E-state index is 0.0897. The van der Waals surface area contributed by atoms with Crippen LogP contribution in [0.2, 0.25) is 23.2 Å². The van der Waals surface area contributed by atoms with E-state index < -0.39 is 16.6 Å². The Bertz CT molecular complexity index is 1150. The average Bonchev–Trinajstić information content (AvgIpc) is 3.25. The summed E-state index contributed by atoms with van der Waals surface area (Å²) < 4.78 is 14.3. The maximum absolute atomic E-state index is 7.60. The molecule has 0 saturated carbocycles. The van der Waals surface area contributed by atoms with Crippen molar-refractivity contribution in [1.82, 2.24) is 4.98 Å². The first-order valence-corrected chi connectivity index (χ1v) is 19.4. The van der Waals surface area contributed by atoms with Crippen LogP contribution in [0.3, 0.4) is 0 Å². The van der Waals surface area contributed by atoms with Gasteiger partial charge in [-0.2, -0.15) is 0 Å². The van der Waals surface area contributed by atoms with Gasteiger partial charge in [-0.15, -0.1) is 11.3 Å². The number of aryl methyl sites for hydroxylation is 1. The van der Waals surface area contributed by atoms with Gasteiger partial charge in [-0.05, 0) is 65.5 Å². The van der Waals surface area contributed by atoms with Gasteiger partial charge in [0.2, 0.25) is 0 Å². The van der Waals surface area contributed by atoms with Gasteiger partial charge in [0.05, 0.1) is 16.8 Å². The van der Waals surface area contributed by atoms with E-state index >= 15 is 0 Å². The number of hydrogen-bond acceptors (Lipinski definition) is 4. The third-order valence-electron chi connectivity index (χ3n) is 7.91. The van der Waals surface area contributed by atoms with Crippen molar-refractivity contribution in [1.29, 1.82) is 0 Å². The van der Waals surface area contributed by atoms with E-state index in [1.807, 2.05) is 0 Å². The summed E-state index contributed by atoms with van der Waals surface area (Å²) in [5.74, 6) is 0. The van der Waals surface area contributed by atoms with Crippen molar-refractivity contribution in [2.75, 3.05) is 6.61 Å². The van der Waals surface area contributed by atoms with E-state index in [0.29, 0.717) is 6.61 Å². The van der Waals surface area contributed by atoms with E-state index in [9.17, 15) is 0 Å². The van der Waals surface area contributed by atoms with Gasteiger partial charge in [-0.25, -0.2) is 4.98 Å². The first-order valence-electron chi connectivity index (χ1n) is 13.7. The van der Waals surface area contributed by atoms with Crippen molar-refractivity contribution >= 4 is 44.4 Å². The molecule has 0 amide bonds. The highest BCUT2D eigenvalue weighted by Crippen LogP contribution is 2.40. The maximum atomic E-state index is 7.60. The molecule has 6 heteroatoms. The molecule has 0 saturated heterocycles. The molecule has 0 aliphatic carbocycles. The zero-order valence-corrected chi connectivity index (χ0v) is 27.9. The number of benzene rings is 2. The standard InChI is InChI=1S/C32H47NO2SSi2/c1-25(23-27-24-36-26(2)33-27)30(21-22-34-37(9,10)31(3,4)5)35-38(32(6,7)8,28-17-13-11-14-18-28)29-19-15-12-16-20-29/h11-20,23-24,30H,21-22H2,1-10H3/t30-/m0/s1. The summed E-state index contributed by atoms with van der Waals surface area (Å²) in [6.07, 6.45) is 2.92. The number of rotatable bonds is 10. The van der Waals surface area contributed by atoms with Gasteiger partial charge in [0.15, 0.2) is 8.32 Å². The van der Waals surface area contributed by atoms with E-state index in [1.165, 1.54) is 15.9 Å². The highest BCUT2D eigenvalue weighted by atomic mass is 32.1. The first kappa shape index (κ1) is 30.7. The molecule has 0 fully saturated rings. The lowest BCUT2D eigenvalue weighted by atomic mass is 10.1. The van der Waals surface area contributed by atoms with Gasteiger partial charge < -0.3 is 8.85 Å². The van der Waals surface area contributed by atoms with Crippen LogP contribution in [0.4, 0.5) is 0 Å². The fourth-order valence-electron chi connectivity index (χ4n) is 4.69. The topological polar surface area (TPSA) is 31.4 Å². The highest BCUT2D eigenvalue weighted by molar-refractivity contribution is 7.09. The third kappa shape index (κ3) is 7.02. The Balaban J connectivity index is 2.10.